The molecule has 0 aromatic heterocycles. The first-order chi connectivity index (χ1) is 14.5. The first kappa shape index (κ1) is 19.6. The van der Waals surface area contributed by atoms with Crippen LogP contribution in [0.4, 0.5) is 11.4 Å². The number of amides is 1. The minimum atomic E-state index is -0.480. The molecule has 1 amide bonds. The predicted molar refractivity (Wildman–Crippen MR) is 117 cm³/mol. The minimum Gasteiger partial charge on any atom is -0.374 e. The van der Waals surface area contributed by atoms with E-state index in [1.807, 2.05) is 24.3 Å². The largest absolute Gasteiger partial charge is 0.374 e. The third-order valence-electron chi connectivity index (χ3n) is 5.30. The second-order valence-electron chi connectivity index (χ2n) is 7.37. The molecule has 3 aromatic carbocycles. The van der Waals surface area contributed by atoms with E-state index in [9.17, 15) is 14.4 Å². The van der Waals surface area contributed by atoms with Crippen LogP contribution in [-0.2, 0) is 11.2 Å². The van der Waals surface area contributed by atoms with Crippen LogP contribution in [0.5, 0.6) is 0 Å². The summed E-state index contributed by atoms with van der Waals surface area (Å²) in [6.07, 6.45) is 0.918. The quantitative estimate of drug-likeness (QED) is 0.520. The van der Waals surface area contributed by atoms with Crippen molar-refractivity contribution in [3.8, 4) is 0 Å². The Morgan fingerprint density at radius 1 is 0.800 bits per heavy atom. The van der Waals surface area contributed by atoms with E-state index >= 15 is 0 Å². The molecule has 0 unspecified atom stereocenters. The molecule has 0 saturated carbocycles. The van der Waals surface area contributed by atoms with Crippen LogP contribution < -0.4 is 10.6 Å². The SMILES string of the molecule is CCc1cccc(N[C@H](C)C(=O)Nc2ccc3c(c2)C(=O)c2ccccc2C3=O)c1. The number of hydrogen-bond donors (Lipinski definition) is 2. The molecule has 150 valence electrons. The number of ketones is 2. The highest BCUT2D eigenvalue weighted by atomic mass is 16.2. The number of aryl methyl sites for hydroxylation is 1. The third kappa shape index (κ3) is 3.62. The maximum absolute atomic E-state index is 12.8. The maximum atomic E-state index is 12.8. The molecular weight excluding hydrogens is 376 g/mol. The van der Waals surface area contributed by atoms with Gasteiger partial charge in [0.1, 0.15) is 6.04 Å². The van der Waals surface area contributed by atoms with Gasteiger partial charge in [-0.2, -0.15) is 0 Å². The molecule has 0 fully saturated rings. The van der Waals surface area contributed by atoms with E-state index in [1.54, 1.807) is 49.4 Å². The normalized spacial score (nSPS) is 13.3. The predicted octanol–water partition coefficient (Wildman–Crippen LogP) is 4.46. The zero-order valence-corrected chi connectivity index (χ0v) is 16.9. The van der Waals surface area contributed by atoms with E-state index < -0.39 is 6.04 Å². The summed E-state index contributed by atoms with van der Waals surface area (Å²) in [5.41, 5.74) is 4.02. The molecule has 30 heavy (non-hydrogen) atoms. The summed E-state index contributed by atoms with van der Waals surface area (Å²) >= 11 is 0. The Morgan fingerprint density at radius 3 is 2.17 bits per heavy atom. The summed E-state index contributed by atoms with van der Waals surface area (Å²) in [5, 5.41) is 6.03. The van der Waals surface area contributed by atoms with Gasteiger partial charge in [-0.1, -0.05) is 43.3 Å². The van der Waals surface area contributed by atoms with Crippen LogP contribution >= 0.6 is 0 Å². The van der Waals surface area contributed by atoms with Gasteiger partial charge in [-0.05, 0) is 49.2 Å². The van der Waals surface area contributed by atoms with Crippen LogP contribution in [0.15, 0.2) is 66.7 Å². The van der Waals surface area contributed by atoms with Gasteiger partial charge in [-0.3, -0.25) is 14.4 Å². The van der Waals surface area contributed by atoms with Gasteiger partial charge in [0.05, 0.1) is 0 Å². The van der Waals surface area contributed by atoms with Gasteiger partial charge in [-0.25, -0.2) is 0 Å². The van der Waals surface area contributed by atoms with E-state index in [0.717, 1.165) is 12.1 Å². The molecule has 0 bridgehead atoms. The van der Waals surface area contributed by atoms with E-state index in [1.165, 1.54) is 5.56 Å². The summed E-state index contributed by atoms with van der Waals surface area (Å²) in [7, 11) is 0. The van der Waals surface area contributed by atoms with Crippen molar-refractivity contribution in [2.75, 3.05) is 10.6 Å². The Bertz CT molecular complexity index is 1170. The second kappa shape index (κ2) is 7.95. The lowest BCUT2D eigenvalue weighted by atomic mass is 9.84. The van der Waals surface area contributed by atoms with Crippen molar-refractivity contribution in [1.29, 1.82) is 0 Å². The average molecular weight is 398 g/mol. The highest BCUT2D eigenvalue weighted by Gasteiger charge is 2.29. The van der Waals surface area contributed by atoms with Crippen molar-refractivity contribution in [2.24, 2.45) is 0 Å². The van der Waals surface area contributed by atoms with Gasteiger partial charge in [0, 0.05) is 33.6 Å². The van der Waals surface area contributed by atoms with Crippen LogP contribution in [-0.4, -0.2) is 23.5 Å². The maximum Gasteiger partial charge on any atom is 0.246 e. The topological polar surface area (TPSA) is 75.3 Å². The Morgan fingerprint density at radius 2 is 1.47 bits per heavy atom. The highest BCUT2D eigenvalue weighted by Crippen LogP contribution is 2.29. The number of fused-ring (bicyclic) bond motifs is 2. The molecule has 1 aliphatic carbocycles. The van der Waals surface area contributed by atoms with Gasteiger partial charge in [0.25, 0.3) is 0 Å². The molecule has 1 atom stereocenters. The highest BCUT2D eigenvalue weighted by molar-refractivity contribution is 6.28. The molecular formula is C25H22N2O3. The molecule has 5 heteroatoms. The Labute approximate surface area is 175 Å². The van der Waals surface area contributed by atoms with Crippen molar-refractivity contribution in [3.63, 3.8) is 0 Å². The molecule has 3 aromatic rings. The fourth-order valence-corrected chi connectivity index (χ4v) is 3.62. The van der Waals surface area contributed by atoms with Crippen molar-refractivity contribution in [2.45, 2.75) is 26.3 Å². The summed E-state index contributed by atoms with van der Waals surface area (Å²) in [6.45, 7) is 3.85. The lowest BCUT2D eigenvalue weighted by Gasteiger charge is -2.19. The van der Waals surface area contributed by atoms with E-state index in [-0.39, 0.29) is 17.5 Å². The van der Waals surface area contributed by atoms with Crippen LogP contribution in [0.1, 0.15) is 51.3 Å². The summed E-state index contributed by atoms with van der Waals surface area (Å²) in [6, 6.07) is 19.1. The van der Waals surface area contributed by atoms with Crippen LogP contribution in [0.3, 0.4) is 0 Å². The van der Waals surface area contributed by atoms with Gasteiger partial charge in [0.15, 0.2) is 11.6 Å². The summed E-state index contributed by atoms with van der Waals surface area (Å²) in [5.74, 6) is -0.616. The number of carbonyl (C=O) groups excluding carboxylic acids is 3. The van der Waals surface area contributed by atoms with Crippen molar-refractivity contribution in [3.05, 3.63) is 94.5 Å². The van der Waals surface area contributed by atoms with E-state index in [2.05, 4.69) is 17.6 Å². The number of rotatable bonds is 5. The lowest BCUT2D eigenvalue weighted by Crippen LogP contribution is -2.32. The number of benzene rings is 3. The molecule has 4 rings (SSSR count). The standard InChI is InChI=1S/C25H22N2O3/c1-3-16-7-6-8-17(13-16)26-15(2)25(30)27-18-11-12-21-22(14-18)24(29)20-10-5-4-9-19(20)23(21)28/h4-15,26H,3H2,1-2H3,(H,27,30)/t15-/m1/s1. The minimum absolute atomic E-state index is 0.177. The molecule has 0 radical (unpaired) electrons. The van der Waals surface area contributed by atoms with Crippen molar-refractivity contribution < 1.29 is 14.4 Å². The number of carbonyl (C=O) groups is 3. The zero-order valence-electron chi connectivity index (χ0n) is 16.9. The second-order valence-corrected chi connectivity index (χ2v) is 7.37. The molecule has 0 spiro atoms. The molecule has 0 aliphatic heterocycles. The first-order valence-electron chi connectivity index (χ1n) is 9.96. The van der Waals surface area contributed by atoms with Gasteiger partial charge in [-0.15, -0.1) is 0 Å². The molecule has 5 nitrogen and oxygen atoms in total. The molecule has 1 aliphatic rings. The van der Waals surface area contributed by atoms with E-state index in [4.69, 9.17) is 0 Å². The first-order valence-corrected chi connectivity index (χ1v) is 9.96. The van der Waals surface area contributed by atoms with E-state index in [0.29, 0.717) is 27.9 Å². The summed E-state index contributed by atoms with van der Waals surface area (Å²) < 4.78 is 0. The molecule has 2 N–H and O–H groups in total. The number of nitrogens with one attached hydrogen (secondary N) is 2. The summed E-state index contributed by atoms with van der Waals surface area (Å²) in [4.78, 5) is 38.2. The van der Waals surface area contributed by atoms with Crippen LogP contribution in [0.2, 0.25) is 0 Å². The van der Waals surface area contributed by atoms with Crippen LogP contribution in [0, 0.1) is 0 Å². The fourth-order valence-electron chi connectivity index (χ4n) is 3.62. The Kier molecular flexibility index (Phi) is 5.19. The van der Waals surface area contributed by atoms with Crippen LogP contribution in [0.25, 0.3) is 0 Å². The van der Waals surface area contributed by atoms with Gasteiger partial charge >= 0.3 is 0 Å². The molecule has 0 heterocycles. The van der Waals surface area contributed by atoms with Crippen molar-refractivity contribution >= 4 is 28.8 Å². The number of anilines is 2. The lowest BCUT2D eigenvalue weighted by molar-refractivity contribution is -0.116. The van der Waals surface area contributed by atoms with Gasteiger partial charge < -0.3 is 10.6 Å². The smallest absolute Gasteiger partial charge is 0.246 e. The third-order valence-corrected chi connectivity index (χ3v) is 5.30. The van der Waals surface area contributed by atoms with Gasteiger partial charge in [0.2, 0.25) is 5.91 Å². The molecule has 0 saturated heterocycles. The number of hydrogen-bond acceptors (Lipinski definition) is 4. The zero-order chi connectivity index (χ0) is 21.3. The monoisotopic (exact) mass is 398 g/mol. The Balaban J connectivity index is 1.52. The van der Waals surface area contributed by atoms with Crippen molar-refractivity contribution in [1.82, 2.24) is 0 Å². The Hall–Kier alpha value is -3.73. The average Bonchev–Trinajstić information content (AvgIpc) is 2.77. The fraction of sp³-hybridized carbons (Fsp3) is 0.160.